The predicted octanol–water partition coefficient (Wildman–Crippen LogP) is 4.89. The molecule has 224 valence electrons. The third-order valence-corrected chi connectivity index (χ3v) is 8.55. The van der Waals surface area contributed by atoms with E-state index in [0.717, 1.165) is 28.3 Å². The van der Waals surface area contributed by atoms with Crippen molar-refractivity contribution >= 4 is 43.5 Å². The molecule has 1 N–H and O–H groups in total. The van der Waals surface area contributed by atoms with E-state index < -0.39 is 16.1 Å². The monoisotopic (exact) mass is 657 g/mol. The Hall–Kier alpha value is -3.57. The maximum Gasteiger partial charge on any atom is 0.243 e. The van der Waals surface area contributed by atoms with Crippen LogP contribution in [-0.2, 0) is 32.6 Å². The number of hydrogen-bond donors (Lipinski definition) is 1. The van der Waals surface area contributed by atoms with Gasteiger partial charge in [0.25, 0.3) is 0 Å². The summed E-state index contributed by atoms with van der Waals surface area (Å²) in [6, 6.07) is 21.5. The standard InChI is InChI=1S/C31H36BrN3O6S/c1-3-16-33-31(37)27(19-23-9-5-4-6-10-23)34(21-24-11-7-12-25(32)18-24)30(36)13-8-17-35(42(2,38)39)26-14-15-28-29(20-26)41-22-40-28/h4-7,9-12,14-15,18,20,27H,3,8,13,16-17,19,21-22H2,1-2H3,(H,33,37)/t27-/m1/s1. The molecule has 0 spiro atoms. The molecule has 3 aromatic rings. The highest BCUT2D eigenvalue weighted by molar-refractivity contribution is 9.10. The number of benzene rings is 3. The largest absolute Gasteiger partial charge is 0.454 e. The molecule has 11 heteroatoms. The number of fused-ring (bicyclic) bond motifs is 1. The Labute approximate surface area is 256 Å². The number of nitrogens with one attached hydrogen (secondary N) is 1. The number of rotatable bonds is 14. The molecule has 0 aromatic heterocycles. The second-order valence-corrected chi connectivity index (χ2v) is 12.9. The first-order valence-electron chi connectivity index (χ1n) is 13.9. The molecule has 0 fully saturated rings. The summed E-state index contributed by atoms with van der Waals surface area (Å²) in [6.45, 7) is 2.87. The van der Waals surface area contributed by atoms with Gasteiger partial charge in [-0.25, -0.2) is 8.42 Å². The maximum absolute atomic E-state index is 13.9. The molecule has 3 aromatic carbocycles. The second-order valence-electron chi connectivity index (χ2n) is 10.1. The summed E-state index contributed by atoms with van der Waals surface area (Å²) in [7, 11) is -3.64. The summed E-state index contributed by atoms with van der Waals surface area (Å²) in [4.78, 5) is 29.0. The summed E-state index contributed by atoms with van der Waals surface area (Å²) < 4.78 is 38.3. The van der Waals surface area contributed by atoms with E-state index in [1.807, 2.05) is 61.5 Å². The number of carbonyl (C=O) groups is 2. The average molecular weight is 659 g/mol. The Morgan fingerprint density at radius 2 is 1.71 bits per heavy atom. The zero-order chi connectivity index (χ0) is 30.1. The first-order valence-corrected chi connectivity index (χ1v) is 16.5. The smallest absolute Gasteiger partial charge is 0.243 e. The van der Waals surface area contributed by atoms with E-state index in [-0.39, 0.29) is 44.5 Å². The fourth-order valence-corrected chi connectivity index (χ4v) is 6.20. The van der Waals surface area contributed by atoms with Crippen LogP contribution in [0.3, 0.4) is 0 Å². The highest BCUT2D eigenvalue weighted by Gasteiger charge is 2.30. The van der Waals surface area contributed by atoms with Gasteiger partial charge in [0.1, 0.15) is 6.04 Å². The normalized spacial score (nSPS) is 12.9. The van der Waals surface area contributed by atoms with Crippen molar-refractivity contribution in [3.8, 4) is 11.5 Å². The minimum atomic E-state index is -3.64. The quantitative estimate of drug-likeness (QED) is 0.265. The van der Waals surface area contributed by atoms with Gasteiger partial charge in [-0.05, 0) is 48.2 Å². The van der Waals surface area contributed by atoms with Crippen LogP contribution in [0.2, 0.25) is 0 Å². The van der Waals surface area contributed by atoms with Crippen molar-refractivity contribution in [3.63, 3.8) is 0 Å². The Kier molecular flexibility index (Phi) is 10.9. The van der Waals surface area contributed by atoms with Gasteiger partial charge < -0.3 is 19.7 Å². The number of nitrogens with zero attached hydrogens (tertiary/aromatic N) is 2. The van der Waals surface area contributed by atoms with Gasteiger partial charge in [0.05, 0.1) is 11.9 Å². The molecule has 1 heterocycles. The van der Waals surface area contributed by atoms with E-state index in [1.165, 1.54) is 4.31 Å². The molecule has 0 radical (unpaired) electrons. The van der Waals surface area contributed by atoms with Crippen molar-refractivity contribution < 1.29 is 27.5 Å². The third-order valence-electron chi connectivity index (χ3n) is 6.86. The first-order chi connectivity index (χ1) is 20.2. The van der Waals surface area contributed by atoms with Crippen LogP contribution in [-0.4, -0.2) is 57.3 Å². The van der Waals surface area contributed by atoms with Crippen LogP contribution in [0.5, 0.6) is 11.5 Å². The van der Waals surface area contributed by atoms with Crippen LogP contribution in [0.1, 0.15) is 37.3 Å². The summed E-state index contributed by atoms with van der Waals surface area (Å²) in [5.41, 5.74) is 2.24. The van der Waals surface area contributed by atoms with Gasteiger partial charge in [0.15, 0.2) is 11.5 Å². The van der Waals surface area contributed by atoms with E-state index in [2.05, 4.69) is 21.2 Å². The lowest BCUT2D eigenvalue weighted by atomic mass is 10.0. The van der Waals surface area contributed by atoms with E-state index in [0.29, 0.717) is 30.2 Å². The first kappa shape index (κ1) is 31.4. The van der Waals surface area contributed by atoms with E-state index in [1.54, 1.807) is 23.1 Å². The SMILES string of the molecule is CCCNC(=O)[C@@H](Cc1ccccc1)N(Cc1cccc(Br)c1)C(=O)CCCN(c1ccc2c(c1)OCO2)S(C)(=O)=O. The minimum absolute atomic E-state index is 0.0525. The highest BCUT2D eigenvalue weighted by Crippen LogP contribution is 2.36. The van der Waals surface area contributed by atoms with Crippen molar-refractivity contribution in [2.24, 2.45) is 0 Å². The Morgan fingerprint density at radius 3 is 2.43 bits per heavy atom. The molecule has 0 bridgehead atoms. The van der Waals surface area contributed by atoms with Crippen LogP contribution < -0.4 is 19.1 Å². The molecule has 0 aliphatic carbocycles. The van der Waals surface area contributed by atoms with Gasteiger partial charge in [-0.2, -0.15) is 0 Å². The lowest BCUT2D eigenvalue weighted by Gasteiger charge is -2.32. The van der Waals surface area contributed by atoms with Crippen LogP contribution in [0.4, 0.5) is 5.69 Å². The fraction of sp³-hybridized carbons (Fsp3) is 0.355. The zero-order valence-corrected chi connectivity index (χ0v) is 26.2. The zero-order valence-electron chi connectivity index (χ0n) is 23.8. The average Bonchev–Trinajstić information content (AvgIpc) is 3.44. The Balaban J connectivity index is 1.56. The van der Waals surface area contributed by atoms with Crippen LogP contribution in [0.25, 0.3) is 0 Å². The van der Waals surface area contributed by atoms with E-state index in [4.69, 9.17) is 9.47 Å². The summed E-state index contributed by atoms with van der Waals surface area (Å²) in [5.74, 6) is 0.569. The number of halogens is 1. The predicted molar refractivity (Wildman–Crippen MR) is 166 cm³/mol. The lowest BCUT2D eigenvalue weighted by Crippen LogP contribution is -2.50. The van der Waals surface area contributed by atoms with Gasteiger partial charge >= 0.3 is 0 Å². The molecule has 4 rings (SSSR count). The Bertz CT molecular complexity index is 1480. The van der Waals surface area contributed by atoms with Gasteiger partial charge in [-0.1, -0.05) is 65.3 Å². The third kappa shape index (κ3) is 8.48. The van der Waals surface area contributed by atoms with Crippen molar-refractivity contribution in [3.05, 3.63) is 88.4 Å². The van der Waals surface area contributed by atoms with Gasteiger partial charge in [-0.15, -0.1) is 0 Å². The van der Waals surface area contributed by atoms with Gasteiger partial charge in [0, 0.05) is 43.0 Å². The minimum Gasteiger partial charge on any atom is -0.454 e. The van der Waals surface area contributed by atoms with E-state index >= 15 is 0 Å². The number of amides is 2. The van der Waals surface area contributed by atoms with Crippen molar-refractivity contribution in [2.45, 2.75) is 45.2 Å². The molecule has 2 amide bonds. The number of sulfonamides is 1. The molecule has 1 aliphatic rings. The molecule has 1 aliphatic heterocycles. The van der Waals surface area contributed by atoms with Crippen molar-refractivity contribution in [2.75, 3.05) is 30.4 Å². The number of carbonyl (C=O) groups excluding carboxylic acids is 2. The number of anilines is 1. The van der Waals surface area contributed by atoms with Crippen LogP contribution >= 0.6 is 15.9 Å². The lowest BCUT2D eigenvalue weighted by molar-refractivity contribution is -0.141. The summed E-state index contributed by atoms with van der Waals surface area (Å²) in [6.07, 6.45) is 2.56. The summed E-state index contributed by atoms with van der Waals surface area (Å²) >= 11 is 3.50. The van der Waals surface area contributed by atoms with Crippen LogP contribution in [0, 0.1) is 0 Å². The van der Waals surface area contributed by atoms with Crippen molar-refractivity contribution in [1.82, 2.24) is 10.2 Å². The topological polar surface area (TPSA) is 105 Å². The maximum atomic E-state index is 13.9. The molecule has 1 atom stereocenters. The molecule has 0 saturated heterocycles. The fourth-order valence-electron chi connectivity index (χ4n) is 4.80. The summed E-state index contributed by atoms with van der Waals surface area (Å²) in [5, 5.41) is 2.97. The number of ether oxygens (including phenoxy) is 2. The molecule has 42 heavy (non-hydrogen) atoms. The Morgan fingerprint density at radius 1 is 0.976 bits per heavy atom. The molecular weight excluding hydrogens is 622 g/mol. The van der Waals surface area contributed by atoms with Gasteiger partial charge in [0.2, 0.25) is 28.6 Å². The molecular formula is C31H36BrN3O6S. The second kappa shape index (κ2) is 14.6. The highest BCUT2D eigenvalue weighted by atomic mass is 79.9. The number of hydrogen-bond acceptors (Lipinski definition) is 6. The molecule has 0 unspecified atom stereocenters. The molecule has 0 saturated carbocycles. The van der Waals surface area contributed by atoms with Gasteiger partial charge in [-0.3, -0.25) is 13.9 Å². The van der Waals surface area contributed by atoms with Crippen molar-refractivity contribution in [1.29, 1.82) is 0 Å². The molecule has 9 nitrogen and oxygen atoms in total. The van der Waals surface area contributed by atoms with E-state index in [9.17, 15) is 18.0 Å². The van der Waals surface area contributed by atoms with Crippen LogP contribution in [0.15, 0.2) is 77.3 Å².